The lowest BCUT2D eigenvalue weighted by Gasteiger charge is -2.23. The average molecular weight is 651 g/mol. The summed E-state index contributed by atoms with van der Waals surface area (Å²) in [7, 11) is 0. The number of thiol groups is 2. The highest BCUT2D eigenvalue weighted by Crippen LogP contribution is 2.50. The van der Waals surface area contributed by atoms with Gasteiger partial charge in [-0.25, -0.2) is 0 Å². The Hall–Kier alpha value is -4.76. The second-order valence-corrected chi connectivity index (χ2v) is 14.1. The highest BCUT2D eigenvalue weighted by molar-refractivity contribution is 7.81. The van der Waals surface area contributed by atoms with Gasteiger partial charge in [0.05, 0.1) is 0 Å². The van der Waals surface area contributed by atoms with Gasteiger partial charge in [-0.05, 0) is 144 Å². The van der Waals surface area contributed by atoms with E-state index in [-0.39, 0.29) is 0 Å². The van der Waals surface area contributed by atoms with E-state index in [0.29, 0.717) is 0 Å². The topological polar surface area (TPSA) is 0 Å². The van der Waals surface area contributed by atoms with Crippen molar-refractivity contribution in [2.75, 3.05) is 0 Å². The fourth-order valence-electron chi connectivity index (χ4n) is 8.22. The maximum absolute atomic E-state index is 5.16. The van der Waals surface area contributed by atoms with Crippen LogP contribution in [0.25, 0.3) is 76.8 Å². The molecule has 0 bridgehead atoms. The molecule has 0 saturated carbocycles. The van der Waals surface area contributed by atoms with E-state index in [2.05, 4.69) is 148 Å². The van der Waals surface area contributed by atoms with E-state index in [1.54, 1.807) is 0 Å². The van der Waals surface area contributed by atoms with Gasteiger partial charge in [0.1, 0.15) is 0 Å². The lowest BCUT2D eigenvalue weighted by atomic mass is 9.82. The minimum atomic E-state index is 0.982. The molecule has 0 radical (unpaired) electrons. The van der Waals surface area contributed by atoms with Crippen LogP contribution in [-0.2, 0) is 6.42 Å². The molecule has 0 heterocycles. The summed E-state index contributed by atoms with van der Waals surface area (Å²) >= 11 is 10.0. The van der Waals surface area contributed by atoms with E-state index >= 15 is 0 Å². The van der Waals surface area contributed by atoms with Crippen LogP contribution < -0.4 is 0 Å². The maximum atomic E-state index is 5.16. The Morgan fingerprint density at radius 2 is 0.958 bits per heavy atom. The fraction of sp³-hybridized carbons (Fsp3) is 0.0870. The molecular weight excluding hydrogens is 617 g/mol. The molecule has 8 aromatic carbocycles. The Bertz CT molecular complexity index is 2560. The van der Waals surface area contributed by atoms with Crippen LogP contribution in [0.1, 0.15) is 27.8 Å². The van der Waals surface area contributed by atoms with Crippen molar-refractivity contribution >= 4 is 57.6 Å². The molecule has 0 amide bonds. The van der Waals surface area contributed by atoms with Crippen LogP contribution in [0.4, 0.5) is 0 Å². The van der Waals surface area contributed by atoms with Gasteiger partial charge >= 0.3 is 0 Å². The van der Waals surface area contributed by atoms with Crippen LogP contribution in [0, 0.1) is 20.8 Å². The summed E-state index contributed by atoms with van der Waals surface area (Å²) in [6.45, 7) is 6.53. The zero-order chi connectivity index (χ0) is 32.7. The predicted molar refractivity (Wildman–Crippen MR) is 212 cm³/mol. The normalized spacial score (nSPS) is 12.2. The first-order chi connectivity index (χ1) is 23.4. The van der Waals surface area contributed by atoms with Crippen LogP contribution in [0.2, 0.25) is 0 Å². The molecule has 9 rings (SSSR count). The molecule has 2 heteroatoms. The molecule has 1 aliphatic carbocycles. The minimum Gasteiger partial charge on any atom is -0.143 e. The third kappa shape index (κ3) is 4.26. The molecule has 0 fully saturated rings. The molecular formula is C46H34S2. The Balaban J connectivity index is 1.41. The molecule has 0 unspecified atom stereocenters. The molecule has 1 aliphatic rings. The van der Waals surface area contributed by atoms with Gasteiger partial charge in [-0.15, -0.1) is 25.3 Å². The van der Waals surface area contributed by atoms with Crippen molar-refractivity contribution in [1.82, 2.24) is 0 Å². The van der Waals surface area contributed by atoms with E-state index in [4.69, 9.17) is 25.3 Å². The first-order valence-corrected chi connectivity index (χ1v) is 17.5. The van der Waals surface area contributed by atoms with Gasteiger partial charge in [0.2, 0.25) is 0 Å². The second-order valence-electron chi connectivity index (χ2n) is 13.2. The summed E-state index contributed by atoms with van der Waals surface area (Å²) in [5.74, 6) is 0. The van der Waals surface area contributed by atoms with Crippen molar-refractivity contribution in [3.63, 3.8) is 0 Å². The SMILES string of the molecule is Cc1c(C)c(-c2c3ccccc3c(-c3cc(-c4cccc5c4-c4ccccc4C5)cc4ccccc34)c3ccccc23)c(S)c(C)c1S. The number of rotatable bonds is 3. The zero-order valence-electron chi connectivity index (χ0n) is 27.2. The average Bonchev–Trinajstić information content (AvgIpc) is 3.51. The van der Waals surface area contributed by atoms with Gasteiger partial charge in [-0.3, -0.25) is 0 Å². The summed E-state index contributed by atoms with van der Waals surface area (Å²) in [6.07, 6.45) is 0.982. The summed E-state index contributed by atoms with van der Waals surface area (Å²) < 4.78 is 0. The van der Waals surface area contributed by atoms with Crippen LogP contribution >= 0.6 is 25.3 Å². The van der Waals surface area contributed by atoms with Gasteiger partial charge in [0.25, 0.3) is 0 Å². The number of fused-ring (bicyclic) bond motifs is 6. The van der Waals surface area contributed by atoms with E-state index in [1.165, 1.54) is 99.1 Å². The molecule has 0 aromatic heterocycles. The highest BCUT2D eigenvalue weighted by atomic mass is 32.1. The van der Waals surface area contributed by atoms with E-state index in [9.17, 15) is 0 Å². The molecule has 230 valence electrons. The number of hydrogen-bond acceptors (Lipinski definition) is 2. The first-order valence-electron chi connectivity index (χ1n) is 16.6. The lowest BCUT2D eigenvalue weighted by Crippen LogP contribution is -1.98. The fourth-order valence-corrected chi connectivity index (χ4v) is 8.98. The molecule has 0 spiro atoms. The molecule has 8 aromatic rings. The standard InChI is InChI=1S/C46H34S2/c1-26-27(2)45(47)28(3)46(48)41(26)44-38-20-10-8-18-36(38)43(37-19-9-11-21-39(37)44)40-25-32(24-29-13-4-6-16-33(29)40)35-22-12-15-31-23-30-14-5-7-17-34(30)42(31)35/h4-22,24-25,47-48H,23H2,1-3H3. The Morgan fingerprint density at radius 1 is 0.396 bits per heavy atom. The summed E-state index contributed by atoms with van der Waals surface area (Å²) in [6, 6.07) is 47.3. The quantitative estimate of drug-likeness (QED) is 0.138. The molecule has 0 N–H and O–H groups in total. The van der Waals surface area contributed by atoms with Crippen molar-refractivity contribution in [3.8, 4) is 44.5 Å². The first kappa shape index (κ1) is 29.4. The maximum Gasteiger partial charge on any atom is 0.0162 e. The van der Waals surface area contributed by atoms with Gasteiger partial charge in [0, 0.05) is 9.79 Å². The number of hydrogen-bond donors (Lipinski definition) is 2. The van der Waals surface area contributed by atoms with Gasteiger partial charge < -0.3 is 0 Å². The highest BCUT2D eigenvalue weighted by Gasteiger charge is 2.25. The second kappa shape index (κ2) is 11.2. The van der Waals surface area contributed by atoms with Crippen LogP contribution in [0.5, 0.6) is 0 Å². The molecule has 0 atom stereocenters. The van der Waals surface area contributed by atoms with Gasteiger partial charge in [-0.1, -0.05) is 115 Å². The summed E-state index contributed by atoms with van der Waals surface area (Å²) in [4.78, 5) is 2.02. The summed E-state index contributed by atoms with van der Waals surface area (Å²) in [5, 5.41) is 7.47. The van der Waals surface area contributed by atoms with E-state index < -0.39 is 0 Å². The van der Waals surface area contributed by atoms with Crippen molar-refractivity contribution in [2.45, 2.75) is 37.0 Å². The van der Waals surface area contributed by atoms with Gasteiger partial charge in [-0.2, -0.15) is 0 Å². The van der Waals surface area contributed by atoms with Crippen molar-refractivity contribution in [2.24, 2.45) is 0 Å². The molecule has 0 saturated heterocycles. The third-order valence-electron chi connectivity index (χ3n) is 10.7. The molecule has 0 aliphatic heterocycles. The Morgan fingerprint density at radius 3 is 1.67 bits per heavy atom. The molecule has 0 nitrogen and oxygen atoms in total. The number of benzene rings is 8. The van der Waals surface area contributed by atoms with E-state index in [1.807, 2.05) is 0 Å². The lowest BCUT2D eigenvalue weighted by molar-refractivity contribution is 1.12. The van der Waals surface area contributed by atoms with Crippen LogP contribution in [0.15, 0.2) is 137 Å². The Kier molecular flexibility index (Phi) is 6.83. The monoisotopic (exact) mass is 650 g/mol. The van der Waals surface area contributed by atoms with Crippen molar-refractivity contribution < 1.29 is 0 Å². The Labute approximate surface area is 292 Å². The van der Waals surface area contributed by atoms with E-state index in [0.717, 1.165) is 21.8 Å². The minimum absolute atomic E-state index is 0.982. The van der Waals surface area contributed by atoms with Crippen LogP contribution in [-0.4, -0.2) is 0 Å². The largest absolute Gasteiger partial charge is 0.143 e. The zero-order valence-corrected chi connectivity index (χ0v) is 29.0. The summed E-state index contributed by atoms with van der Waals surface area (Å²) in [5.41, 5.74) is 16.6. The van der Waals surface area contributed by atoms with Crippen LogP contribution in [0.3, 0.4) is 0 Å². The van der Waals surface area contributed by atoms with Crippen molar-refractivity contribution in [1.29, 1.82) is 0 Å². The van der Waals surface area contributed by atoms with Gasteiger partial charge in [0.15, 0.2) is 0 Å². The predicted octanol–water partition coefficient (Wildman–Crippen LogP) is 13.2. The molecule has 48 heavy (non-hydrogen) atoms. The smallest absolute Gasteiger partial charge is 0.0162 e. The van der Waals surface area contributed by atoms with Crippen molar-refractivity contribution in [3.05, 3.63) is 155 Å². The third-order valence-corrected chi connectivity index (χ3v) is 11.9.